The van der Waals surface area contributed by atoms with Crippen LogP contribution in [0.5, 0.6) is 5.75 Å². The third kappa shape index (κ3) is 6.08. The summed E-state index contributed by atoms with van der Waals surface area (Å²) < 4.78 is 9.89. The van der Waals surface area contributed by atoms with E-state index in [1.807, 2.05) is 20.8 Å². The molecule has 6 nitrogen and oxygen atoms in total. The first kappa shape index (κ1) is 15.8. The van der Waals surface area contributed by atoms with Crippen LogP contribution in [0, 0.1) is 0 Å². The summed E-state index contributed by atoms with van der Waals surface area (Å²) in [5.41, 5.74) is 0.113. The van der Waals surface area contributed by atoms with E-state index in [-0.39, 0.29) is 12.1 Å². The maximum absolute atomic E-state index is 11.6. The average molecular weight is 280 g/mol. The molecule has 1 aromatic rings. The fourth-order valence-electron chi connectivity index (χ4n) is 1.36. The van der Waals surface area contributed by atoms with Crippen LogP contribution in [0.25, 0.3) is 0 Å². The van der Waals surface area contributed by atoms with Crippen LogP contribution in [0.3, 0.4) is 0 Å². The highest BCUT2D eigenvalue weighted by Gasteiger charge is 2.15. The van der Waals surface area contributed by atoms with Crippen molar-refractivity contribution in [2.75, 3.05) is 11.9 Å². The number of nitrogens with one attached hydrogen (secondary N) is 2. The van der Waals surface area contributed by atoms with Crippen molar-refractivity contribution in [3.05, 3.63) is 24.3 Å². The second-order valence-corrected chi connectivity index (χ2v) is 5.14. The van der Waals surface area contributed by atoms with E-state index in [1.54, 1.807) is 31.2 Å². The highest BCUT2D eigenvalue weighted by molar-refractivity contribution is 5.85. The van der Waals surface area contributed by atoms with E-state index in [0.717, 1.165) is 0 Å². The van der Waals surface area contributed by atoms with Gasteiger partial charge in [0.25, 0.3) is 0 Å². The van der Waals surface area contributed by atoms with Crippen molar-refractivity contribution in [3.8, 4) is 5.75 Å². The van der Waals surface area contributed by atoms with Crippen molar-refractivity contribution in [2.24, 2.45) is 0 Å². The lowest BCUT2D eigenvalue weighted by molar-refractivity contribution is 0.168. The van der Waals surface area contributed by atoms with Crippen LogP contribution >= 0.6 is 0 Å². The van der Waals surface area contributed by atoms with Crippen LogP contribution in [0.4, 0.5) is 15.3 Å². The maximum atomic E-state index is 11.6. The summed E-state index contributed by atoms with van der Waals surface area (Å²) in [6.45, 7) is 7.57. The van der Waals surface area contributed by atoms with E-state index in [4.69, 9.17) is 9.47 Å². The minimum atomic E-state index is -0.552. The lowest BCUT2D eigenvalue weighted by Gasteiger charge is -2.19. The third-order valence-electron chi connectivity index (χ3n) is 2.04. The molecule has 0 saturated heterocycles. The Balaban J connectivity index is 2.64. The van der Waals surface area contributed by atoms with Crippen molar-refractivity contribution < 1.29 is 19.1 Å². The SMILES string of the molecule is CCOC(=O)Nc1cccc(OC(=O)NC(C)(C)C)c1. The normalized spacial score (nSPS) is 10.6. The molecule has 0 bridgehead atoms. The summed E-state index contributed by atoms with van der Waals surface area (Å²) in [7, 11) is 0. The van der Waals surface area contributed by atoms with Gasteiger partial charge in [0.1, 0.15) is 5.75 Å². The van der Waals surface area contributed by atoms with Crippen molar-refractivity contribution in [3.63, 3.8) is 0 Å². The molecule has 0 aliphatic rings. The Labute approximate surface area is 118 Å². The van der Waals surface area contributed by atoms with Gasteiger partial charge < -0.3 is 14.8 Å². The van der Waals surface area contributed by atoms with E-state index in [9.17, 15) is 9.59 Å². The molecular weight excluding hydrogens is 260 g/mol. The fourth-order valence-corrected chi connectivity index (χ4v) is 1.36. The summed E-state index contributed by atoms with van der Waals surface area (Å²) in [6, 6.07) is 6.50. The molecule has 1 aromatic carbocycles. The lowest BCUT2D eigenvalue weighted by Crippen LogP contribution is -2.42. The van der Waals surface area contributed by atoms with Crippen LogP contribution in [0.2, 0.25) is 0 Å². The topological polar surface area (TPSA) is 76.7 Å². The summed E-state index contributed by atoms with van der Waals surface area (Å²) in [4.78, 5) is 22.9. The molecule has 6 heteroatoms. The Morgan fingerprint density at radius 2 is 1.90 bits per heavy atom. The summed E-state index contributed by atoms with van der Waals surface area (Å²) >= 11 is 0. The second kappa shape index (κ2) is 6.79. The van der Waals surface area contributed by atoms with Gasteiger partial charge in [-0.15, -0.1) is 0 Å². The monoisotopic (exact) mass is 280 g/mol. The van der Waals surface area contributed by atoms with Crippen LogP contribution in [-0.2, 0) is 4.74 Å². The molecule has 0 saturated carbocycles. The van der Waals surface area contributed by atoms with Crippen LogP contribution in [0.15, 0.2) is 24.3 Å². The second-order valence-electron chi connectivity index (χ2n) is 5.14. The number of amides is 2. The molecule has 2 N–H and O–H groups in total. The van der Waals surface area contributed by atoms with Gasteiger partial charge in [-0.3, -0.25) is 5.32 Å². The number of rotatable bonds is 3. The fraction of sp³-hybridized carbons (Fsp3) is 0.429. The molecular formula is C14H20N2O4. The summed E-state index contributed by atoms with van der Waals surface area (Å²) in [5, 5.41) is 5.21. The minimum Gasteiger partial charge on any atom is -0.450 e. The quantitative estimate of drug-likeness (QED) is 0.891. The lowest BCUT2D eigenvalue weighted by atomic mass is 10.1. The Kier molecular flexibility index (Phi) is 5.37. The van der Waals surface area contributed by atoms with Crippen molar-refractivity contribution >= 4 is 17.9 Å². The zero-order valence-electron chi connectivity index (χ0n) is 12.1. The number of hydrogen-bond acceptors (Lipinski definition) is 4. The van der Waals surface area contributed by atoms with Gasteiger partial charge in [0.05, 0.1) is 6.61 Å². The molecule has 2 amide bonds. The van der Waals surface area contributed by atoms with Crippen LogP contribution in [-0.4, -0.2) is 24.3 Å². The predicted molar refractivity (Wildman–Crippen MR) is 76.0 cm³/mol. The van der Waals surface area contributed by atoms with Gasteiger partial charge in [0.2, 0.25) is 0 Å². The van der Waals surface area contributed by atoms with E-state index in [0.29, 0.717) is 11.4 Å². The van der Waals surface area contributed by atoms with Gasteiger partial charge in [-0.2, -0.15) is 0 Å². The molecule has 0 unspecified atom stereocenters. The molecule has 0 aromatic heterocycles. The van der Waals surface area contributed by atoms with E-state index < -0.39 is 12.2 Å². The third-order valence-corrected chi connectivity index (χ3v) is 2.04. The highest BCUT2D eigenvalue weighted by Crippen LogP contribution is 2.18. The first-order chi connectivity index (χ1) is 9.30. The van der Waals surface area contributed by atoms with Crippen molar-refractivity contribution in [1.29, 1.82) is 0 Å². The number of carbonyl (C=O) groups is 2. The maximum Gasteiger partial charge on any atom is 0.413 e. The van der Waals surface area contributed by atoms with Crippen molar-refractivity contribution in [1.82, 2.24) is 5.32 Å². The molecule has 1 rings (SSSR count). The standard InChI is InChI=1S/C14H20N2O4/c1-5-19-12(17)15-10-7-6-8-11(9-10)20-13(18)16-14(2,3)4/h6-9H,5H2,1-4H3,(H,15,17)(H,16,18). The van der Waals surface area contributed by atoms with Gasteiger partial charge >= 0.3 is 12.2 Å². The Bertz CT molecular complexity index is 480. The molecule has 0 atom stereocenters. The number of anilines is 1. The van der Waals surface area contributed by atoms with Crippen LogP contribution in [0.1, 0.15) is 27.7 Å². The number of hydrogen-bond donors (Lipinski definition) is 2. The Morgan fingerprint density at radius 3 is 2.50 bits per heavy atom. The minimum absolute atomic E-state index is 0.288. The Hall–Kier alpha value is -2.24. The smallest absolute Gasteiger partial charge is 0.413 e. The number of benzene rings is 1. The van der Waals surface area contributed by atoms with Gasteiger partial charge in [-0.25, -0.2) is 9.59 Å². The highest BCUT2D eigenvalue weighted by atomic mass is 16.6. The first-order valence-electron chi connectivity index (χ1n) is 6.34. The number of carbonyl (C=O) groups excluding carboxylic acids is 2. The average Bonchev–Trinajstić information content (AvgIpc) is 2.26. The molecule has 0 aliphatic carbocycles. The first-order valence-corrected chi connectivity index (χ1v) is 6.34. The molecule has 110 valence electrons. The predicted octanol–water partition coefficient (Wildman–Crippen LogP) is 3.14. The zero-order valence-corrected chi connectivity index (χ0v) is 12.1. The Morgan fingerprint density at radius 1 is 1.20 bits per heavy atom. The zero-order chi connectivity index (χ0) is 15.2. The molecule has 0 heterocycles. The van der Waals surface area contributed by atoms with Crippen LogP contribution < -0.4 is 15.4 Å². The van der Waals surface area contributed by atoms with Gasteiger partial charge in [-0.05, 0) is 39.8 Å². The van der Waals surface area contributed by atoms with Gasteiger partial charge in [0.15, 0.2) is 0 Å². The van der Waals surface area contributed by atoms with E-state index in [2.05, 4.69) is 10.6 Å². The number of ether oxygens (including phenoxy) is 2. The molecule has 0 fully saturated rings. The van der Waals surface area contributed by atoms with E-state index >= 15 is 0 Å². The van der Waals surface area contributed by atoms with E-state index in [1.165, 1.54) is 0 Å². The summed E-state index contributed by atoms with van der Waals surface area (Å²) in [5.74, 6) is 0.334. The molecule has 0 spiro atoms. The molecule has 20 heavy (non-hydrogen) atoms. The largest absolute Gasteiger partial charge is 0.450 e. The van der Waals surface area contributed by atoms with Gasteiger partial charge in [0, 0.05) is 17.3 Å². The molecule has 0 aliphatic heterocycles. The summed E-state index contributed by atoms with van der Waals surface area (Å²) in [6.07, 6.45) is -1.10. The molecule has 0 radical (unpaired) electrons. The van der Waals surface area contributed by atoms with Crippen molar-refractivity contribution in [2.45, 2.75) is 33.2 Å². The van der Waals surface area contributed by atoms with Gasteiger partial charge in [-0.1, -0.05) is 6.07 Å².